The number of carbonyl (C=O) groups excluding carboxylic acids is 1. The first kappa shape index (κ1) is 22.0. The molecule has 4 nitrogen and oxygen atoms in total. The van der Waals surface area contributed by atoms with E-state index in [4.69, 9.17) is 16.9 Å². The molecule has 0 bridgehead atoms. The summed E-state index contributed by atoms with van der Waals surface area (Å²) in [5.74, 6) is -0.373. The van der Waals surface area contributed by atoms with Crippen molar-refractivity contribution in [2.75, 3.05) is 4.90 Å². The Bertz CT molecular complexity index is 1170. The fraction of sp³-hybridized carbons (Fsp3) is 0.231. The number of nitrogens with zero attached hydrogens (tertiary/aromatic N) is 2. The lowest BCUT2D eigenvalue weighted by atomic mass is 9.92. The highest BCUT2D eigenvalue weighted by Crippen LogP contribution is 2.40. The van der Waals surface area contributed by atoms with E-state index < -0.39 is 11.6 Å². The number of hydrogen-bond acceptors (Lipinski definition) is 3. The smallest absolute Gasteiger partial charge is 0.244 e. The van der Waals surface area contributed by atoms with Crippen molar-refractivity contribution in [2.45, 2.75) is 37.9 Å². The number of nitrogens with one attached hydrogen (secondary N) is 1. The number of amides is 1. The van der Waals surface area contributed by atoms with Gasteiger partial charge in [-0.25, -0.2) is 4.39 Å². The lowest BCUT2D eigenvalue weighted by molar-refractivity contribution is -0.119. The van der Waals surface area contributed by atoms with Gasteiger partial charge in [0.2, 0.25) is 5.91 Å². The quantitative estimate of drug-likeness (QED) is 0.544. The van der Waals surface area contributed by atoms with Gasteiger partial charge in [0.25, 0.3) is 0 Å². The summed E-state index contributed by atoms with van der Waals surface area (Å²) in [5.41, 5.74) is 2.44. The van der Waals surface area contributed by atoms with Crippen LogP contribution < -0.4 is 10.2 Å². The van der Waals surface area contributed by atoms with Crippen molar-refractivity contribution in [3.8, 4) is 6.07 Å². The molecule has 3 aromatic rings. The maximum absolute atomic E-state index is 13.6. The van der Waals surface area contributed by atoms with Crippen LogP contribution >= 0.6 is 11.6 Å². The third kappa shape index (κ3) is 4.25. The van der Waals surface area contributed by atoms with E-state index in [0.717, 1.165) is 11.1 Å². The van der Waals surface area contributed by atoms with Gasteiger partial charge < -0.3 is 4.90 Å². The number of nitriles is 1. The van der Waals surface area contributed by atoms with Crippen molar-refractivity contribution in [1.82, 2.24) is 5.32 Å². The summed E-state index contributed by atoms with van der Waals surface area (Å²) in [7, 11) is 0. The first-order chi connectivity index (χ1) is 15.3. The molecule has 1 heterocycles. The fourth-order valence-electron chi connectivity index (χ4n) is 4.27. The standard InChI is InChI=1S/C26H23ClFN3O/c1-26(2,18-9-11-19(28)12-10-18)30-23-15-24(21-5-3-4-6-22(21)27)31(25(23)32)20-13-7-17(16-29)8-14-20/h3-14,23-24,30H,15H2,1-2H3/t23-,24-/m1/s1. The van der Waals surface area contributed by atoms with Gasteiger partial charge in [-0.3, -0.25) is 10.1 Å². The molecule has 2 atom stereocenters. The van der Waals surface area contributed by atoms with E-state index in [9.17, 15) is 9.18 Å². The number of benzene rings is 3. The minimum absolute atomic E-state index is 0.0742. The Kier molecular flexibility index (Phi) is 6.01. The predicted molar refractivity (Wildman–Crippen MR) is 124 cm³/mol. The minimum Gasteiger partial charge on any atom is -0.303 e. The van der Waals surface area contributed by atoms with Crippen molar-refractivity contribution in [2.24, 2.45) is 0 Å². The monoisotopic (exact) mass is 447 g/mol. The van der Waals surface area contributed by atoms with Crippen molar-refractivity contribution < 1.29 is 9.18 Å². The second-order valence-electron chi connectivity index (χ2n) is 8.47. The average Bonchev–Trinajstić information content (AvgIpc) is 3.09. The molecule has 6 heteroatoms. The van der Waals surface area contributed by atoms with Gasteiger partial charge in [-0.1, -0.05) is 41.9 Å². The van der Waals surface area contributed by atoms with Crippen molar-refractivity contribution in [1.29, 1.82) is 5.26 Å². The van der Waals surface area contributed by atoms with E-state index in [-0.39, 0.29) is 17.8 Å². The van der Waals surface area contributed by atoms with Gasteiger partial charge in [-0.05, 0) is 73.9 Å². The highest BCUT2D eigenvalue weighted by atomic mass is 35.5. The lowest BCUT2D eigenvalue weighted by Gasteiger charge is -2.30. The van der Waals surface area contributed by atoms with Gasteiger partial charge in [0.05, 0.1) is 23.7 Å². The van der Waals surface area contributed by atoms with Gasteiger partial charge >= 0.3 is 0 Å². The molecule has 0 aliphatic carbocycles. The van der Waals surface area contributed by atoms with Crippen molar-refractivity contribution >= 4 is 23.2 Å². The molecule has 1 amide bonds. The van der Waals surface area contributed by atoms with Crippen LogP contribution in [0.5, 0.6) is 0 Å². The van der Waals surface area contributed by atoms with Crippen LogP contribution in [-0.2, 0) is 10.3 Å². The molecule has 0 aromatic heterocycles. The Balaban J connectivity index is 1.69. The summed E-state index contributed by atoms with van der Waals surface area (Å²) >= 11 is 6.51. The molecule has 0 radical (unpaired) electrons. The molecule has 0 unspecified atom stereocenters. The van der Waals surface area contributed by atoms with Crippen molar-refractivity contribution in [3.63, 3.8) is 0 Å². The van der Waals surface area contributed by atoms with Gasteiger partial charge in [-0.2, -0.15) is 5.26 Å². The van der Waals surface area contributed by atoms with Crippen LogP contribution in [0.2, 0.25) is 5.02 Å². The van der Waals surface area contributed by atoms with Crippen LogP contribution in [0.1, 0.15) is 43.0 Å². The van der Waals surface area contributed by atoms with E-state index in [1.54, 1.807) is 41.3 Å². The largest absolute Gasteiger partial charge is 0.303 e. The number of halogens is 2. The summed E-state index contributed by atoms with van der Waals surface area (Å²) in [6.07, 6.45) is 0.521. The third-order valence-electron chi connectivity index (χ3n) is 5.95. The van der Waals surface area contributed by atoms with Crippen molar-refractivity contribution in [3.05, 3.63) is 100 Å². The second kappa shape index (κ2) is 8.74. The van der Waals surface area contributed by atoms with Crippen LogP contribution in [0.15, 0.2) is 72.8 Å². The molecule has 1 fully saturated rings. The van der Waals surface area contributed by atoms with Crippen LogP contribution in [-0.4, -0.2) is 11.9 Å². The van der Waals surface area contributed by atoms with E-state index in [0.29, 0.717) is 22.7 Å². The van der Waals surface area contributed by atoms with Gasteiger partial charge in [0.1, 0.15) is 5.82 Å². The maximum atomic E-state index is 13.6. The van der Waals surface area contributed by atoms with Gasteiger partial charge in [-0.15, -0.1) is 0 Å². The van der Waals surface area contributed by atoms with E-state index in [2.05, 4.69) is 11.4 Å². The first-order valence-electron chi connectivity index (χ1n) is 10.4. The highest BCUT2D eigenvalue weighted by molar-refractivity contribution is 6.31. The minimum atomic E-state index is -0.556. The number of rotatable bonds is 5. The summed E-state index contributed by atoms with van der Waals surface area (Å²) < 4.78 is 13.4. The maximum Gasteiger partial charge on any atom is 0.244 e. The average molecular weight is 448 g/mol. The zero-order valence-corrected chi connectivity index (χ0v) is 18.6. The van der Waals surface area contributed by atoms with Gasteiger partial charge in [0, 0.05) is 16.2 Å². The molecule has 1 N–H and O–H groups in total. The van der Waals surface area contributed by atoms with Gasteiger partial charge in [0.15, 0.2) is 0 Å². The Morgan fingerprint density at radius 3 is 2.34 bits per heavy atom. The normalized spacial score (nSPS) is 18.6. The molecular formula is C26H23ClFN3O. The Morgan fingerprint density at radius 2 is 1.72 bits per heavy atom. The number of hydrogen-bond donors (Lipinski definition) is 1. The summed E-state index contributed by atoms with van der Waals surface area (Å²) in [6, 6.07) is 22.2. The predicted octanol–water partition coefficient (Wildman–Crippen LogP) is 5.72. The number of anilines is 1. The fourth-order valence-corrected chi connectivity index (χ4v) is 4.53. The first-order valence-corrected chi connectivity index (χ1v) is 10.8. The Hall–Kier alpha value is -3.20. The van der Waals surface area contributed by atoms with Crippen LogP contribution in [0.25, 0.3) is 0 Å². The molecule has 0 spiro atoms. The zero-order valence-electron chi connectivity index (χ0n) is 17.8. The number of carbonyl (C=O) groups is 1. The Morgan fingerprint density at radius 1 is 1.06 bits per heavy atom. The highest BCUT2D eigenvalue weighted by Gasteiger charge is 2.43. The van der Waals surface area contributed by atoms with E-state index >= 15 is 0 Å². The third-order valence-corrected chi connectivity index (χ3v) is 6.29. The molecule has 1 aliphatic rings. The Labute approximate surface area is 192 Å². The molecule has 162 valence electrons. The molecule has 1 aliphatic heterocycles. The van der Waals surface area contributed by atoms with Crippen LogP contribution in [0, 0.1) is 17.1 Å². The van der Waals surface area contributed by atoms with E-state index in [1.165, 1.54) is 12.1 Å². The molecule has 1 saturated heterocycles. The summed E-state index contributed by atoms with van der Waals surface area (Å²) in [5, 5.41) is 13.2. The molecule has 0 saturated carbocycles. The van der Waals surface area contributed by atoms with E-state index in [1.807, 2.05) is 38.1 Å². The second-order valence-corrected chi connectivity index (χ2v) is 8.88. The SMILES string of the molecule is CC(C)(N[C@@H]1C[C@H](c2ccccc2Cl)N(c2ccc(C#N)cc2)C1=O)c1ccc(F)cc1. The summed E-state index contributed by atoms with van der Waals surface area (Å²) in [6.45, 7) is 3.95. The molecule has 32 heavy (non-hydrogen) atoms. The zero-order chi connectivity index (χ0) is 22.9. The van der Waals surface area contributed by atoms with Crippen LogP contribution in [0.3, 0.4) is 0 Å². The van der Waals surface area contributed by atoms with Crippen LogP contribution in [0.4, 0.5) is 10.1 Å². The molecule has 3 aromatic carbocycles. The summed E-state index contributed by atoms with van der Waals surface area (Å²) in [4.78, 5) is 15.4. The molecular weight excluding hydrogens is 425 g/mol. The molecule has 4 rings (SSSR count). The lowest BCUT2D eigenvalue weighted by Crippen LogP contribution is -2.47. The topological polar surface area (TPSA) is 56.1 Å².